The second-order valence-electron chi connectivity index (χ2n) is 4.04. The van der Waals surface area contributed by atoms with Crippen LogP contribution >= 0.6 is 0 Å². The molecule has 0 bridgehead atoms. The predicted molar refractivity (Wildman–Crippen MR) is 66.9 cm³/mol. The van der Waals surface area contributed by atoms with E-state index in [0.29, 0.717) is 0 Å². The molecule has 1 aromatic carbocycles. The van der Waals surface area contributed by atoms with Gasteiger partial charge in [-0.15, -0.1) is 0 Å². The van der Waals surface area contributed by atoms with Crippen molar-refractivity contribution in [1.82, 2.24) is 9.78 Å². The normalized spacial score (nSPS) is 12.4. The lowest BCUT2D eigenvalue weighted by Crippen LogP contribution is -2.07. The summed E-state index contributed by atoms with van der Waals surface area (Å²) in [6.07, 6.45) is 4.44. The number of nitrogens with zero attached hydrogens (tertiary/aromatic N) is 2. The highest BCUT2D eigenvalue weighted by Crippen LogP contribution is 2.22. The van der Waals surface area contributed by atoms with Gasteiger partial charge in [0.25, 0.3) is 0 Å². The lowest BCUT2D eigenvalue weighted by atomic mass is 10.1. The van der Waals surface area contributed by atoms with Crippen molar-refractivity contribution in [3.63, 3.8) is 0 Å². The predicted octanol–water partition coefficient (Wildman–Crippen LogP) is 2.62. The van der Waals surface area contributed by atoms with E-state index in [-0.39, 0.29) is 6.04 Å². The Morgan fingerprint density at radius 1 is 1.29 bits per heavy atom. The molecule has 1 atom stereocenters. The van der Waals surface area contributed by atoms with Gasteiger partial charge in [0.15, 0.2) is 5.75 Å². The van der Waals surface area contributed by atoms with Crippen molar-refractivity contribution < 1.29 is 4.74 Å². The molecule has 0 aliphatic heterocycles. The lowest BCUT2D eigenvalue weighted by Gasteiger charge is -2.09. The first-order chi connectivity index (χ1) is 8.19. The van der Waals surface area contributed by atoms with Gasteiger partial charge in [0.2, 0.25) is 0 Å². The van der Waals surface area contributed by atoms with Crippen LogP contribution in [-0.4, -0.2) is 9.78 Å². The zero-order valence-electron chi connectivity index (χ0n) is 10.1. The van der Waals surface area contributed by atoms with Crippen LogP contribution in [0.3, 0.4) is 0 Å². The van der Waals surface area contributed by atoms with Crippen LogP contribution in [-0.2, 0) is 7.05 Å². The zero-order chi connectivity index (χ0) is 12.3. The molecule has 0 aliphatic carbocycles. The quantitative estimate of drug-likeness (QED) is 0.880. The molecule has 0 fully saturated rings. The van der Waals surface area contributed by atoms with Gasteiger partial charge in [-0.2, -0.15) is 5.10 Å². The zero-order valence-corrected chi connectivity index (χ0v) is 10.1. The molecule has 0 radical (unpaired) electrons. The number of nitrogens with two attached hydrogens (primary N) is 1. The van der Waals surface area contributed by atoms with E-state index in [4.69, 9.17) is 10.5 Å². The Balaban J connectivity index is 2.08. The van der Waals surface area contributed by atoms with Crippen molar-refractivity contribution in [2.75, 3.05) is 0 Å². The Morgan fingerprint density at radius 3 is 2.53 bits per heavy atom. The van der Waals surface area contributed by atoms with E-state index >= 15 is 0 Å². The minimum atomic E-state index is 0.0995. The number of aromatic nitrogens is 2. The van der Waals surface area contributed by atoms with Gasteiger partial charge in [-0.05, 0) is 24.1 Å². The SMILES string of the molecule is CC[C@H](N)c1ccc(Oc2cnn(C)c2)cc1. The van der Waals surface area contributed by atoms with Crippen molar-refractivity contribution in [3.8, 4) is 11.5 Å². The summed E-state index contributed by atoms with van der Waals surface area (Å²) in [6, 6.07) is 7.96. The molecule has 0 saturated heterocycles. The van der Waals surface area contributed by atoms with Crippen LogP contribution in [0.2, 0.25) is 0 Å². The molecule has 0 saturated carbocycles. The van der Waals surface area contributed by atoms with E-state index in [1.165, 1.54) is 0 Å². The summed E-state index contributed by atoms with van der Waals surface area (Å²) in [5.74, 6) is 1.53. The van der Waals surface area contributed by atoms with Gasteiger partial charge in [-0.3, -0.25) is 4.68 Å². The van der Waals surface area contributed by atoms with Gasteiger partial charge in [0.05, 0.1) is 12.4 Å². The smallest absolute Gasteiger partial charge is 0.165 e. The third-order valence-electron chi connectivity index (χ3n) is 2.66. The van der Waals surface area contributed by atoms with E-state index < -0.39 is 0 Å². The summed E-state index contributed by atoms with van der Waals surface area (Å²) >= 11 is 0. The summed E-state index contributed by atoms with van der Waals surface area (Å²) in [6.45, 7) is 2.07. The van der Waals surface area contributed by atoms with Crippen LogP contribution in [0.1, 0.15) is 24.9 Å². The number of ether oxygens (including phenoxy) is 1. The number of hydrogen-bond acceptors (Lipinski definition) is 3. The van der Waals surface area contributed by atoms with Gasteiger partial charge in [-0.1, -0.05) is 19.1 Å². The van der Waals surface area contributed by atoms with Gasteiger partial charge < -0.3 is 10.5 Å². The fraction of sp³-hybridized carbons (Fsp3) is 0.308. The fourth-order valence-electron chi connectivity index (χ4n) is 1.61. The highest BCUT2D eigenvalue weighted by molar-refractivity contribution is 5.32. The molecule has 1 heterocycles. The maximum atomic E-state index is 5.95. The summed E-state index contributed by atoms with van der Waals surface area (Å²) in [5, 5.41) is 4.04. The Bertz CT molecular complexity index is 476. The average molecular weight is 231 g/mol. The summed E-state index contributed by atoms with van der Waals surface area (Å²) in [4.78, 5) is 0. The largest absolute Gasteiger partial charge is 0.454 e. The summed E-state index contributed by atoms with van der Waals surface area (Å²) < 4.78 is 7.35. The average Bonchev–Trinajstić information content (AvgIpc) is 2.75. The molecule has 1 aromatic heterocycles. The third-order valence-corrected chi connectivity index (χ3v) is 2.66. The van der Waals surface area contributed by atoms with E-state index in [1.807, 2.05) is 37.5 Å². The van der Waals surface area contributed by atoms with Crippen molar-refractivity contribution in [1.29, 1.82) is 0 Å². The molecule has 0 unspecified atom stereocenters. The molecular formula is C13H17N3O. The molecular weight excluding hydrogens is 214 g/mol. The molecule has 2 N–H and O–H groups in total. The van der Waals surface area contributed by atoms with Crippen molar-refractivity contribution in [3.05, 3.63) is 42.2 Å². The Kier molecular flexibility index (Phi) is 3.44. The fourth-order valence-corrected chi connectivity index (χ4v) is 1.61. The van der Waals surface area contributed by atoms with Gasteiger partial charge in [0, 0.05) is 13.1 Å². The van der Waals surface area contributed by atoms with Crippen LogP contribution < -0.4 is 10.5 Å². The topological polar surface area (TPSA) is 53.1 Å². The summed E-state index contributed by atoms with van der Waals surface area (Å²) in [7, 11) is 1.86. The first-order valence-corrected chi connectivity index (χ1v) is 5.71. The number of hydrogen-bond donors (Lipinski definition) is 1. The summed E-state index contributed by atoms with van der Waals surface area (Å²) in [5.41, 5.74) is 7.08. The van der Waals surface area contributed by atoms with E-state index in [2.05, 4.69) is 12.0 Å². The minimum absolute atomic E-state index is 0.0995. The van der Waals surface area contributed by atoms with Crippen LogP contribution in [0.15, 0.2) is 36.7 Å². The van der Waals surface area contributed by atoms with Crippen molar-refractivity contribution >= 4 is 0 Å². The first kappa shape index (κ1) is 11.7. The van der Waals surface area contributed by atoms with Crippen LogP contribution in [0.25, 0.3) is 0 Å². The monoisotopic (exact) mass is 231 g/mol. The van der Waals surface area contributed by atoms with Gasteiger partial charge in [-0.25, -0.2) is 0 Å². The Labute approximate surface area is 101 Å². The van der Waals surface area contributed by atoms with Crippen LogP contribution in [0.5, 0.6) is 11.5 Å². The van der Waals surface area contributed by atoms with Gasteiger partial charge >= 0.3 is 0 Å². The van der Waals surface area contributed by atoms with E-state index in [1.54, 1.807) is 10.9 Å². The molecule has 0 spiro atoms. The third kappa shape index (κ3) is 2.85. The molecule has 2 rings (SSSR count). The first-order valence-electron chi connectivity index (χ1n) is 5.71. The van der Waals surface area contributed by atoms with Crippen molar-refractivity contribution in [2.24, 2.45) is 12.8 Å². The lowest BCUT2D eigenvalue weighted by molar-refractivity contribution is 0.481. The standard InChI is InChI=1S/C13H17N3O/c1-3-13(14)10-4-6-11(7-5-10)17-12-8-15-16(2)9-12/h4-9,13H,3,14H2,1-2H3/t13-/m0/s1. The highest BCUT2D eigenvalue weighted by Gasteiger charge is 2.04. The van der Waals surface area contributed by atoms with Gasteiger partial charge in [0.1, 0.15) is 5.75 Å². The Hall–Kier alpha value is -1.81. The second-order valence-corrected chi connectivity index (χ2v) is 4.04. The maximum Gasteiger partial charge on any atom is 0.165 e. The van der Waals surface area contributed by atoms with Crippen LogP contribution in [0, 0.1) is 0 Å². The number of aryl methyl sites for hydroxylation is 1. The van der Waals surface area contributed by atoms with Crippen LogP contribution in [0.4, 0.5) is 0 Å². The molecule has 17 heavy (non-hydrogen) atoms. The molecule has 90 valence electrons. The maximum absolute atomic E-state index is 5.95. The molecule has 4 heteroatoms. The minimum Gasteiger partial charge on any atom is -0.454 e. The molecule has 0 aliphatic rings. The molecule has 4 nitrogen and oxygen atoms in total. The second kappa shape index (κ2) is 5.01. The van der Waals surface area contributed by atoms with E-state index in [9.17, 15) is 0 Å². The number of benzene rings is 1. The van der Waals surface area contributed by atoms with E-state index in [0.717, 1.165) is 23.5 Å². The van der Waals surface area contributed by atoms with Crippen molar-refractivity contribution in [2.45, 2.75) is 19.4 Å². The number of rotatable bonds is 4. The molecule has 0 amide bonds. The molecule has 2 aromatic rings. The highest BCUT2D eigenvalue weighted by atomic mass is 16.5. The Morgan fingerprint density at radius 2 is 2.00 bits per heavy atom.